The normalized spacial score (nSPS) is 10.7. The highest BCUT2D eigenvalue weighted by molar-refractivity contribution is 9.10. The van der Waals surface area contributed by atoms with Gasteiger partial charge >= 0.3 is 5.97 Å². The Morgan fingerprint density at radius 3 is 2.29 bits per heavy atom. The van der Waals surface area contributed by atoms with Crippen molar-refractivity contribution in [2.24, 2.45) is 0 Å². The minimum Gasteiger partial charge on any atom is -0.475 e. The predicted molar refractivity (Wildman–Crippen MR) is 80.7 cm³/mol. The van der Waals surface area contributed by atoms with E-state index < -0.39 is 5.97 Å². The molecule has 0 unspecified atom stereocenters. The number of benzene rings is 2. The molecule has 104 valence electrons. The van der Waals surface area contributed by atoms with Gasteiger partial charge in [0.2, 0.25) is 11.5 Å². The first-order valence-corrected chi connectivity index (χ1v) is 6.91. The third kappa shape index (κ3) is 2.60. The van der Waals surface area contributed by atoms with Crippen LogP contribution in [0.3, 0.4) is 0 Å². The van der Waals surface area contributed by atoms with Gasteiger partial charge in [-0.25, -0.2) is 4.79 Å². The van der Waals surface area contributed by atoms with Gasteiger partial charge in [-0.1, -0.05) is 34.1 Å². The van der Waals surface area contributed by atoms with Gasteiger partial charge in [-0.05, 0) is 41.1 Å². The van der Waals surface area contributed by atoms with Crippen LogP contribution in [-0.2, 0) is 0 Å². The molecule has 0 fully saturated rings. The quantitative estimate of drug-likeness (QED) is 0.725. The highest BCUT2D eigenvalue weighted by atomic mass is 79.9. The Morgan fingerprint density at radius 1 is 0.905 bits per heavy atom. The van der Waals surface area contributed by atoms with Gasteiger partial charge in [0, 0.05) is 10.0 Å². The molecule has 0 aliphatic carbocycles. The Balaban J connectivity index is 2.00. The number of carbonyl (C=O) groups excluding carboxylic acids is 1. The van der Waals surface area contributed by atoms with Gasteiger partial charge in [0.25, 0.3) is 0 Å². The molecule has 0 atom stereocenters. The fourth-order valence-corrected chi connectivity index (χ4v) is 2.45. The van der Waals surface area contributed by atoms with E-state index in [4.69, 9.17) is 9.52 Å². The lowest BCUT2D eigenvalue weighted by molar-refractivity contribution is 0.0660. The number of fused-ring (bicyclic) bond motifs is 1. The third-order valence-electron chi connectivity index (χ3n) is 3.11. The number of rotatable bonds is 3. The standard InChI is InChI=1S/C16H9BrO4/c17-12-4-3-9-7-11(2-1-10(9)8-12)15(18)13-5-6-14(21-13)16(19)20/h1-8H,(H,19,20). The summed E-state index contributed by atoms with van der Waals surface area (Å²) in [4.78, 5) is 23.1. The van der Waals surface area contributed by atoms with Crippen molar-refractivity contribution in [1.82, 2.24) is 0 Å². The first-order chi connectivity index (χ1) is 10.0. The molecule has 1 aromatic heterocycles. The molecule has 1 N–H and O–H groups in total. The van der Waals surface area contributed by atoms with Crippen molar-refractivity contribution in [3.05, 3.63) is 70.1 Å². The number of halogens is 1. The van der Waals surface area contributed by atoms with Gasteiger partial charge in [0.05, 0.1) is 0 Å². The maximum atomic E-state index is 12.3. The number of hydrogen-bond donors (Lipinski definition) is 1. The molecular formula is C16H9BrO4. The molecule has 0 aliphatic rings. The lowest BCUT2D eigenvalue weighted by Gasteiger charge is -2.02. The van der Waals surface area contributed by atoms with E-state index in [1.807, 2.05) is 24.3 Å². The first-order valence-electron chi connectivity index (χ1n) is 6.12. The van der Waals surface area contributed by atoms with Gasteiger partial charge in [0.1, 0.15) is 0 Å². The van der Waals surface area contributed by atoms with E-state index in [-0.39, 0.29) is 17.3 Å². The van der Waals surface area contributed by atoms with Gasteiger partial charge in [-0.2, -0.15) is 0 Å². The van der Waals surface area contributed by atoms with E-state index >= 15 is 0 Å². The molecule has 3 rings (SSSR count). The first kappa shape index (κ1) is 13.6. The highest BCUT2D eigenvalue weighted by Gasteiger charge is 2.16. The molecule has 2 aromatic carbocycles. The second kappa shape index (κ2) is 5.18. The summed E-state index contributed by atoms with van der Waals surface area (Å²) in [5.41, 5.74) is 0.455. The van der Waals surface area contributed by atoms with Crippen LogP contribution in [0.1, 0.15) is 26.7 Å². The van der Waals surface area contributed by atoms with E-state index in [1.165, 1.54) is 12.1 Å². The molecule has 0 aliphatic heterocycles. The lowest BCUT2D eigenvalue weighted by atomic mass is 10.0. The predicted octanol–water partition coefficient (Wildman–Crippen LogP) is 4.12. The van der Waals surface area contributed by atoms with Crippen molar-refractivity contribution in [3.8, 4) is 0 Å². The van der Waals surface area contributed by atoms with E-state index in [0.29, 0.717) is 5.56 Å². The molecule has 0 radical (unpaired) electrons. The highest BCUT2D eigenvalue weighted by Crippen LogP contribution is 2.22. The third-order valence-corrected chi connectivity index (χ3v) is 3.60. The van der Waals surface area contributed by atoms with Crippen molar-refractivity contribution < 1.29 is 19.1 Å². The molecule has 0 saturated carbocycles. The van der Waals surface area contributed by atoms with Gasteiger partial charge < -0.3 is 9.52 Å². The van der Waals surface area contributed by atoms with Crippen LogP contribution in [0.2, 0.25) is 0 Å². The molecule has 1 heterocycles. The minimum absolute atomic E-state index is 0.0175. The molecule has 3 aromatic rings. The monoisotopic (exact) mass is 344 g/mol. The number of ketones is 1. The minimum atomic E-state index is -1.20. The average molecular weight is 345 g/mol. The van der Waals surface area contributed by atoms with Crippen molar-refractivity contribution in [3.63, 3.8) is 0 Å². The van der Waals surface area contributed by atoms with Crippen molar-refractivity contribution >= 4 is 38.5 Å². The molecule has 4 nitrogen and oxygen atoms in total. The van der Waals surface area contributed by atoms with Gasteiger partial charge in [-0.15, -0.1) is 0 Å². The number of furan rings is 1. The number of carboxylic acids is 1. The summed E-state index contributed by atoms with van der Waals surface area (Å²) >= 11 is 3.40. The Kier molecular flexibility index (Phi) is 3.35. The molecule has 21 heavy (non-hydrogen) atoms. The summed E-state index contributed by atoms with van der Waals surface area (Å²) in [5, 5.41) is 10.7. The largest absolute Gasteiger partial charge is 0.475 e. The summed E-state index contributed by atoms with van der Waals surface area (Å²) < 4.78 is 6.00. The van der Waals surface area contributed by atoms with Crippen molar-refractivity contribution in [1.29, 1.82) is 0 Å². The van der Waals surface area contributed by atoms with E-state index in [1.54, 1.807) is 12.1 Å². The summed E-state index contributed by atoms with van der Waals surface area (Å²) in [5.74, 6) is -1.77. The van der Waals surface area contributed by atoms with E-state index in [2.05, 4.69) is 15.9 Å². The van der Waals surface area contributed by atoms with Gasteiger partial charge in [-0.3, -0.25) is 4.79 Å². The van der Waals surface area contributed by atoms with Crippen LogP contribution in [0, 0.1) is 0 Å². The zero-order valence-corrected chi connectivity index (χ0v) is 12.3. The smallest absolute Gasteiger partial charge is 0.371 e. The van der Waals surface area contributed by atoms with Crippen LogP contribution in [-0.4, -0.2) is 16.9 Å². The fourth-order valence-electron chi connectivity index (χ4n) is 2.07. The Morgan fingerprint density at radius 2 is 1.57 bits per heavy atom. The van der Waals surface area contributed by atoms with Crippen molar-refractivity contribution in [2.45, 2.75) is 0 Å². The molecule has 0 amide bonds. The lowest BCUT2D eigenvalue weighted by Crippen LogP contribution is -2.00. The SMILES string of the molecule is O=C(O)c1ccc(C(=O)c2ccc3cc(Br)ccc3c2)o1. The summed E-state index contributed by atoms with van der Waals surface area (Å²) in [6.45, 7) is 0. The number of carboxylic acid groups (broad SMARTS) is 1. The molecule has 0 saturated heterocycles. The van der Waals surface area contributed by atoms with E-state index in [0.717, 1.165) is 15.2 Å². The van der Waals surface area contributed by atoms with Crippen LogP contribution in [0.15, 0.2) is 57.4 Å². The Hall–Kier alpha value is -2.40. The summed E-state index contributed by atoms with van der Waals surface area (Å²) in [6.07, 6.45) is 0. The zero-order chi connectivity index (χ0) is 15.0. The Labute approximate surface area is 128 Å². The maximum Gasteiger partial charge on any atom is 0.371 e. The zero-order valence-electron chi connectivity index (χ0n) is 10.7. The second-order valence-electron chi connectivity index (χ2n) is 4.50. The maximum absolute atomic E-state index is 12.3. The summed E-state index contributed by atoms with van der Waals surface area (Å²) in [7, 11) is 0. The van der Waals surface area contributed by atoms with Crippen LogP contribution >= 0.6 is 15.9 Å². The molecule has 0 spiro atoms. The van der Waals surface area contributed by atoms with Crippen LogP contribution in [0.5, 0.6) is 0 Å². The van der Waals surface area contributed by atoms with Crippen LogP contribution < -0.4 is 0 Å². The number of aromatic carboxylic acids is 1. The molecular weight excluding hydrogens is 336 g/mol. The average Bonchev–Trinajstić information content (AvgIpc) is 2.96. The Bertz CT molecular complexity index is 864. The summed E-state index contributed by atoms with van der Waals surface area (Å²) in [6, 6.07) is 13.7. The number of carbonyl (C=O) groups is 2. The molecule has 0 bridgehead atoms. The fraction of sp³-hybridized carbons (Fsp3) is 0. The topological polar surface area (TPSA) is 67.5 Å². The molecule has 5 heteroatoms. The van der Waals surface area contributed by atoms with Gasteiger partial charge in [0.15, 0.2) is 5.76 Å². The van der Waals surface area contributed by atoms with Crippen molar-refractivity contribution in [2.75, 3.05) is 0 Å². The number of hydrogen-bond acceptors (Lipinski definition) is 3. The van der Waals surface area contributed by atoms with Crippen LogP contribution in [0.25, 0.3) is 10.8 Å². The van der Waals surface area contributed by atoms with E-state index in [9.17, 15) is 9.59 Å². The van der Waals surface area contributed by atoms with Crippen LogP contribution in [0.4, 0.5) is 0 Å². The second-order valence-corrected chi connectivity index (χ2v) is 5.42.